The van der Waals surface area contributed by atoms with Crippen molar-refractivity contribution < 1.29 is 14.3 Å². The zero-order valence-electron chi connectivity index (χ0n) is 16.4. The van der Waals surface area contributed by atoms with Crippen LogP contribution < -0.4 is 5.32 Å². The molecule has 1 aromatic heterocycles. The summed E-state index contributed by atoms with van der Waals surface area (Å²) in [4.78, 5) is 11.9. The largest absolute Gasteiger partial charge is 0.478 e. The maximum Gasteiger partial charge on any atom is 0.337 e. The van der Waals surface area contributed by atoms with Crippen LogP contribution in [0.5, 0.6) is 0 Å². The summed E-state index contributed by atoms with van der Waals surface area (Å²) >= 11 is 0. The Morgan fingerprint density at radius 1 is 1.00 bits per heavy atom. The molecule has 0 saturated carbocycles. The van der Waals surface area contributed by atoms with Crippen LogP contribution in [0.3, 0.4) is 0 Å². The first-order chi connectivity index (χ1) is 13.4. The smallest absolute Gasteiger partial charge is 0.337 e. The number of aromatic carboxylic acids is 1. The Bertz CT molecular complexity index is 991. The molecule has 146 valence electrons. The number of aryl methyl sites for hydroxylation is 1. The molecule has 0 fully saturated rings. The summed E-state index contributed by atoms with van der Waals surface area (Å²) in [6.45, 7) is 7.48. The number of carboxylic acid groups (broad SMARTS) is 1. The summed E-state index contributed by atoms with van der Waals surface area (Å²) in [5.74, 6) is -1.21. The number of nitrogens with zero attached hydrogens (tertiary/aromatic N) is 1. The van der Waals surface area contributed by atoms with Crippen LogP contribution in [0.25, 0.3) is 0 Å². The molecule has 2 N–H and O–H groups in total. The van der Waals surface area contributed by atoms with Gasteiger partial charge in [-0.05, 0) is 49.6 Å². The Balaban J connectivity index is 1.84. The van der Waals surface area contributed by atoms with Gasteiger partial charge in [0.05, 0.1) is 5.56 Å². The Labute approximate surface area is 164 Å². The lowest BCUT2D eigenvalue weighted by atomic mass is 10.1. The highest BCUT2D eigenvalue weighted by Crippen LogP contribution is 2.24. The maximum atomic E-state index is 13.2. The lowest BCUT2D eigenvalue weighted by molar-refractivity contribution is 0.0694. The van der Waals surface area contributed by atoms with E-state index in [1.54, 1.807) is 12.1 Å². The zero-order valence-corrected chi connectivity index (χ0v) is 16.4. The number of hydrogen-bond donors (Lipinski definition) is 2. The molecule has 0 aliphatic heterocycles. The first kappa shape index (κ1) is 19.8. The van der Waals surface area contributed by atoms with E-state index < -0.39 is 5.97 Å². The molecule has 28 heavy (non-hydrogen) atoms. The van der Waals surface area contributed by atoms with Crippen LogP contribution in [0.1, 0.15) is 44.0 Å². The summed E-state index contributed by atoms with van der Waals surface area (Å²) in [6, 6.07) is 14.4. The number of nitrogens with one attached hydrogen (secondary N) is 1. The van der Waals surface area contributed by atoms with E-state index in [1.165, 1.54) is 23.3 Å². The molecule has 5 heteroatoms. The predicted octanol–water partition coefficient (Wildman–Crippen LogP) is 4.59. The predicted molar refractivity (Wildman–Crippen MR) is 108 cm³/mol. The quantitative estimate of drug-likeness (QED) is 0.630. The average molecular weight is 380 g/mol. The number of hydrogen-bond acceptors (Lipinski definition) is 2. The fraction of sp³-hybridized carbons (Fsp3) is 0.261. The molecule has 0 aliphatic carbocycles. The van der Waals surface area contributed by atoms with Crippen molar-refractivity contribution in [1.29, 1.82) is 0 Å². The van der Waals surface area contributed by atoms with Crippen LogP contribution in [0.4, 0.5) is 4.39 Å². The first-order valence-electron chi connectivity index (χ1n) is 9.30. The van der Waals surface area contributed by atoms with Crippen molar-refractivity contribution in [3.05, 3.63) is 93.6 Å². The van der Waals surface area contributed by atoms with Crippen LogP contribution in [-0.2, 0) is 19.6 Å². The molecule has 0 spiro atoms. The topological polar surface area (TPSA) is 54.3 Å². The zero-order chi connectivity index (χ0) is 20.3. The molecule has 4 nitrogen and oxygen atoms in total. The lowest BCUT2D eigenvalue weighted by Gasteiger charge is -2.11. The van der Waals surface area contributed by atoms with E-state index in [-0.39, 0.29) is 5.82 Å². The molecule has 3 rings (SSSR count). The van der Waals surface area contributed by atoms with E-state index in [0.29, 0.717) is 30.9 Å². The average Bonchev–Trinajstić information content (AvgIpc) is 2.89. The van der Waals surface area contributed by atoms with Gasteiger partial charge in [-0.25, -0.2) is 9.18 Å². The lowest BCUT2D eigenvalue weighted by Crippen LogP contribution is -2.16. The van der Waals surface area contributed by atoms with Crippen LogP contribution >= 0.6 is 0 Å². The monoisotopic (exact) mass is 380 g/mol. The molecule has 0 unspecified atom stereocenters. The van der Waals surface area contributed by atoms with Gasteiger partial charge in [0.2, 0.25) is 0 Å². The Hall–Kier alpha value is -2.92. The van der Waals surface area contributed by atoms with Gasteiger partial charge in [-0.15, -0.1) is 0 Å². The SMILES string of the molecule is Cc1ccccc1CNCc1c(C(=O)O)c(C)n(Cc2ccc(F)cc2)c1C. The van der Waals surface area contributed by atoms with Crippen molar-refractivity contribution in [1.82, 2.24) is 9.88 Å². The molecule has 0 radical (unpaired) electrons. The first-order valence-corrected chi connectivity index (χ1v) is 9.30. The Morgan fingerprint density at radius 3 is 2.32 bits per heavy atom. The van der Waals surface area contributed by atoms with Crippen molar-refractivity contribution in [2.24, 2.45) is 0 Å². The van der Waals surface area contributed by atoms with Gasteiger partial charge in [0.1, 0.15) is 5.82 Å². The molecule has 0 aliphatic rings. The van der Waals surface area contributed by atoms with Crippen molar-refractivity contribution >= 4 is 5.97 Å². The maximum absolute atomic E-state index is 13.2. The summed E-state index contributed by atoms with van der Waals surface area (Å²) in [5, 5.41) is 13.1. The number of carboxylic acids is 1. The van der Waals surface area contributed by atoms with Crippen molar-refractivity contribution in [3.8, 4) is 0 Å². The molecular weight excluding hydrogens is 355 g/mol. The van der Waals surface area contributed by atoms with E-state index in [0.717, 1.165) is 16.8 Å². The number of carbonyl (C=O) groups is 1. The van der Waals surface area contributed by atoms with E-state index in [2.05, 4.69) is 24.4 Å². The van der Waals surface area contributed by atoms with Gasteiger partial charge in [0.25, 0.3) is 0 Å². The molecule has 1 heterocycles. The van der Waals surface area contributed by atoms with Gasteiger partial charge in [-0.3, -0.25) is 0 Å². The van der Waals surface area contributed by atoms with Crippen molar-refractivity contribution in [2.45, 2.75) is 40.4 Å². The van der Waals surface area contributed by atoms with E-state index in [1.807, 2.05) is 30.5 Å². The Morgan fingerprint density at radius 2 is 1.68 bits per heavy atom. The third-order valence-electron chi connectivity index (χ3n) is 5.26. The molecular formula is C23H25FN2O2. The van der Waals surface area contributed by atoms with Crippen LogP contribution in [0.15, 0.2) is 48.5 Å². The van der Waals surface area contributed by atoms with E-state index >= 15 is 0 Å². The highest BCUT2D eigenvalue weighted by molar-refractivity contribution is 5.91. The number of halogens is 1. The highest BCUT2D eigenvalue weighted by Gasteiger charge is 2.22. The molecule has 0 saturated heterocycles. The summed E-state index contributed by atoms with van der Waals surface area (Å²) in [6.07, 6.45) is 0. The standard InChI is InChI=1S/C23H25FN2O2/c1-15-6-4-5-7-19(15)12-25-13-21-16(2)26(17(3)22(21)23(27)28)14-18-8-10-20(24)11-9-18/h4-11,25H,12-14H2,1-3H3,(H,27,28). The second kappa shape index (κ2) is 8.40. The van der Waals surface area contributed by atoms with Gasteiger partial charge in [0, 0.05) is 36.6 Å². The van der Waals surface area contributed by atoms with Crippen LogP contribution in [0, 0.1) is 26.6 Å². The molecule has 0 amide bonds. The van der Waals surface area contributed by atoms with Crippen molar-refractivity contribution in [2.75, 3.05) is 0 Å². The second-order valence-electron chi connectivity index (χ2n) is 7.07. The van der Waals surface area contributed by atoms with Crippen LogP contribution in [-0.4, -0.2) is 15.6 Å². The second-order valence-corrected chi connectivity index (χ2v) is 7.07. The minimum absolute atomic E-state index is 0.281. The third-order valence-corrected chi connectivity index (χ3v) is 5.26. The van der Waals surface area contributed by atoms with Gasteiger partial charge in [-0.1, -0.05) is 36.4 Å². The number of benzene rings is 2. The Kier molecular flexibility index (Phi) is 5.95. The summed E-state index contributed by atoms with van der Waals surface area (Å²) in [5.41, 5.74) is 6.09. The number of rotatable bonds is 7. The van der Waals surface area contributed by atoms with Crippen LogP contribution in [0.2, 0.25) is 0 Å². The fourth-order valence-corrected chi connectivity index (χ4v) is 3.59. The molecule has 0 atom stereocenters. The van der Waals surface area contributed by atoms with Gasteiger partial charge in [-0.2, -0.15) is 0 Å². The van der Waals surface area contributed by atoms with Gasteiger partial charge in [0.15, 0.2) is 0 Å². The normalized spacial score (nSPS) is 11.0. The van der Waals surface area contributed by atoms with E-state index in [4.69, 9.17) is 0 Å². The minimum atomic E-state index is -0.925. The molecule has 2 aromatic carbocycles. The number of aromatic nitrogens is 1. The minimum Gasteiger partial charge on any atom is -0.478 e. The van der Waals surface area contributed by atoms with E-state index in [9.17, 15) is 14.3 Å². The summed E-state index contributed by atoms with van der Waals surface area (Å²) in [7, 11) is 0. The molecule has 0 bridgehead atoms. The highest BCUT2D eigenvalue weighted by atomic mass is 19.1. The molecule has 3 aromatic rings. The van der Waals surface area contributed by atoms with Gasteiger partial charge >= 0.3 is 5.97 Å². The fourth-order valence-electron chi connectivity index (χ4n) is 3.59. The third kappa shape index (κ3) is 4.15. The van der Waals surface area contributed by atoms with Gasteiger partial charge < -0.3 is 15.0 Å². The van der Waals surface area contributed by atoms with Crippen molar-refractivity contribution in [3.63, 3.8) is 0 Å². The summed E-state index contributed by atoms with van der Waals surface area (Å²) < 4.78 is 15.2.